The highest BCUT2D eigenvalue weighted by Gasteiger charge is 2.32. The highest BCUT2D eigenvalue weighted by molar-refractivity contribution is 6.54. The molecule has 1 aromatic carbocycles. The normalized spacial score (nSPS) is 12.2. The second kappa shape index (κ2) is 8.43. The third kappa shape index (κ3) is 6.30. The van der Waals surface area contributed by atoms with Crippen LogP contribution in [-0.2, 0) is 6.18 Å². The smallest absolute Gasteiger partial charge is 0.166 e. The predicted molar refractivity (Wildman–Crippen MR) is 75.4 cm³/mol. The summed E-state index contributed by atoms with van der Waals surface area (Å²) in [7, 11) is 0.156. The number of unbranched alkanes of at least 4 members (excludes halogenated alkanes) is 2. The molecule has 0 aliphatic rings. The molecule has 0 fully saturated rings. The lowest BCUT2D eigenvalue weighted by atomic mass is 10.2. The number of benzene rings is 1. The molecule has 1 aromatic rings. The van der Waals surface area contributed by atoms with Crippen molar-refractivity contribution in [3.05, 3.63) is 42.0 Å². The fraction of sp³-hybridized carbons (Fsp3) is 0.429. The van der Waals surface area contributed by atoms with E-state index in [0.717, 1.165) is 25.3 Å². The molecule has 19 heavy (non-hydrogen) atoms. The third-order valence-corrected chi connectivity index (χ3v) is 4.09. The van der Waals surface area contributed by atoms with Crippen LogP contribution in [0.25, 0.3) is 0 Å². The van der Waals surface area contributed by atoms with E-state index in [-0.39, 0.29) is 9.52 Å². The van der Waals surface area contributed by atoms with Gasteiger partial charge in [-0.1, -0.05) is 41.6 Å². The zero-order valence-corrected chi connectivity index (χ0v) is 12.3. The van der Waals surface area contributed by atoms with Gasteiger partial charge in [0.15, 0.2) is 0 Å². The maximum absolute atomic E-state index is 12.7. The van der Waals surface area contributed by atoms with Gasteiger partial charge in [-0.2, -0.15) is 13.2 Å². The first-order chi connectivity index (χ1) is 9.05. The SMILES string of the molecule is FC(F)(F)c1ccccc1[Si]CC=CCCCCCl. The molecule has 0 aromatic heterocycles. The molecule has 1 rings (SSSR count). The summed E-state index contributed by atoms with van der Waals surface area (Å²) in [5, 5.41) is 0.389. The predicted octanol–water partition coefficient (Wildman–Crippen LogP) is 4.42. The highest BCUT2D eigenvalue weighted by Crippen LogP contribution is 2.27. The van der Waals surface area contributed by atoms with Gasteiger partial charge in [0.25, 0.3) is 0 Å². The summed E-state index contributed by atoms with van der Waals surface area (Å²) in [6, 6.07) is 6.45. The van der Waals surface area contributed by atoms with Crippen molar-refractivity contribution in [2.24, 2.45) is 0 Å². The van der Waals surface area contributed by atoms with E-state index < -0.39 is 11.7 Å². The molecule has 0 spiro atoms. The van der Waals surface area contributed by atoms with Crippen molar-refractivity contribution in [2.75, 3.05) is 5.88 Å². The van der Waals surface area contributed by atoms with Gasteiger partial charge in [-0.15, -0.1) is 11.6 Å². The minimum atomic E-state index is -4.26. The van der Waals surface area contributed by atoms with Gasteiger partial charge in [-0.05, 0) is 25.3 Å². The van der Waals surface area contributed by atoms with Gasteiger partial charge in [0, 0.05) is 5.88 Å². The number of allylic oxidation sites excluding steroid dienone is 2. The van der Waals surface area contributed by atoms with Gasteiger partial charge in [-0.3, -0.25) is 0 Å². The van der Waals surface area contributed by atoms with Crippen LogP contribution in [-0.4, -0.2) is 15.4 Å². The van der Waals surface area contributed by atoms with Crippen LogP contribution >= 0.6 is 11.6 Å². The Morgan fingerprint density at radius 2 is 1.84 bits per heavy atom. The van der Waals surface area contributed by atoms with Crippen LogP contribution in [0.4, 0.5) is 13.2 Å². The van der Waals surface area contributed by atoms with E-state index in [0.29, 0.717) is 17.1 Å². The van der Waals surface area contributed by atoms with Crippen LogP contribution in [0.2, 0.25) is 6.04 Å². The lowest BCUT2D eigenvalue weighted by Crippen LogP contribution is -2.24. The zero-order valence-electron chi connectivity index (χ0n) is 10.5. The molecular formula is C14H16ClF3Si. The van der Waals surface area contributed by atoms with Crippen molar-refractivity contribution < 1.29 is 13.2 Å². The molecule has 0 nitrogen and oxygen atoms in total. The van der Waals surface area contributed by atoms with Crippen molar-refractivity contribution in [2.45, 2.75) is 31.5 Å². The molecule has 0 aliphatic heterocycles. The van der Waals surface area contributed by atoms with Gasteiger partial charge in [0.2, 0.25) is 0 Å². The molecule has 0 amide bonds. The van der Waals surface area contributed by atoms with Gasteiger partial charge in [-0.25, -0.2) is 0 Å². The summed E-state index contributed by atoms with van der Waals surface area (Å²) >= 11 is 5.55. The summed E-state index contributed by atoms with van der Waals surface area (Å²) in [5.74, 6) is 0.661. The molecule has 0 saturated carbocycles. The number of alkyl halides is 4. The summed E-state index contributed by atoms with van der Waals surface area (Å²) in [4.78, 5) is 0. The molecule has 0 bridgehead atoms. The van der Waals surface area contributed by atoms with E-state index in [4.69, 9.17) is 11.6 Å². The maximum atomic E-state index is 12.7. The first-order valence-corrected chi connectivity index (χ1v) is 7.91. The Kier molecular flexibility index (Phi) is 7.24. The Morgan fingerprint density at radius 1 is 1.11 bits per heavy atom. The molecule has 2 radical (unpaired) electrons. The Bertz CT molecular complexity index is 402. The number of rotatable bonds is 7. The molecular weight excluding hydrogens is 289 g/mol. The van der Waals surface area contributed by atoms with E-state index in [1.807, 2.05) is 12.2 Å². The molecule has 0 atom stereocenters. The Morgan fingerprint density at radius 3 is 2.53 bits per heavy atom. The fourth-order valence-corrected chi connectivity index (χ4v) is 2.93. The van der Waals surface area contributed by atoms with Crippen LogP contribution in [0, 0.1) is 0 Å². The fourth-order valence-electron chi connectivity index (χ4n) is 1.61. The largest absolute Gasteiger partial charge is 0.416 e. The van der Waals surface area contributed by atoms with Gasteiger partial charge < -0.3 is 0 Å². The molecule has 104 valence electrons. The van der Waals surface area contributed by atoms with Crippen LogP contribution in [0.1, 0.15) is 24.8 Å². The number of hydrogen-bond donors (Lipinski definition) is 0. The Labute approximate surface area is 119 Å². The van der Waals surface area contributed by atoms with Gasteiger partial charge >= 0.3 is 6.18 Å². The lowest BCUT2D eigenvalue weighted by Gasteiger charge is -2.11. The lowest BCUT2D eigenvalue weighted by molar-refractivity contribution is -0.136. The van der Waals surface area contributed by atoms with Crippen LogP contribution < -0.4 is 5.19 Å². The standard InChI is InChI=1S/C14H16ClF3Si/c15-10-6-2-1-3-7-11-19-13-9-5-4-8-12(13)14(16,17)18/h3-5,7-9H,1-2,6,10-11H2. The minimum absolute atomic E-state index is 0.156. The van der Waals surface area contributed by atoms with E-state index in [1.165, 1.54) is 6.07 Å². The summed E-state index contributed by atoms with van der Waals surface area (Å²) < 4.78 is 38.2. The van der Waals surface area contributed by atoms with Crippen molar-refractivity contribution in [3.63, 3.8) is 0 Å². The summed E-state index contributed by atoms with van der Waals surface area (Å²) in [6.45, 7) is 0. The molecule has 5 heteroatoms. The molecule has 0 N–H and O–H groups in total. The minimum Gasteiger partial charge on any atom is -0.166 e. The van der Waals surface area contributed by atoms with Crippen molar-refractivity contribution in [3.8, 4) is 0 Å². The van der Waals surface area contributed by atoms with Crippen molar-refractivity contribution in [1.82, 2.24) is 0 Å². The van der Waals surface area contributed by atoms with Gasteiger partial charge in [0.05, 0.1) is 15.1 Å². The van der Waals surface area contributed by atoms with E-state index >= 15 is 0 Å². The molecule has 0 aliphatic carbocycles. The topological polar surface area (TPSA) is 0 Å². The maximum Gasteiger partial charge on any atom is 0.416 e. The third-order valence-electron chi connectivity index (χ3n) is 2.56. The summed E-state index contributed by atoms with van der Waals surface area (Å²) in [5.41, 5.74) is -0.510. The first-order valence-electron chi connectivity index (χ1n) is 6.16. The second-order valence-electron chi connectivity index (χ2n) is 4.08. The number of hydrogen-bond acceptors (Lipinski definition) is 0. The molecule has 0 heterocycles. The Hall–Kier alpha value is -0.743. The van der Waals surface area contributed by atoms with Crippen LogP contribution in [0.15, 0.2) is 36.4 Å². The van der Waals surface area contributed by atoms with Crippen molar-refractivity contribution in [1.29, 1.82) is 0 Å². The van der Waals surface area contributed by atoms with E-state index in [9.17, 15) is 13.2 Å². The van der Waals surface area contributed by atoms with E-state index in [2.05, 4.69) is 0 Å². The monoisotopic (exact) mass is 304 g/mol. The van der Waals surface area contributed by atoms with Gasteiger partial charge in [0.1, 0.15) is 0 Å². The Balaban J connectivity index is 2.45. The van der Waals surface area contributed by atoms with E-state index in [1.54, 1.807) is 12.1 Å². The number of halogens is 4. The summed E-state index contributed by atoms with van der Waals surface area (Å²) in [6.07, 6.45) is 2.68. The molecule has 0 saturated heterocycles. The highest BCUT2D eigenvalue weighted by atomic mass is 35.5. The average molecular weight is 305 g/mol. The zero-order chi connectivity index (χ0) is 14.1. The second-order valence-corrected chi connectivity index (χ2v) is 5.76. The first kappa shape index (κ1) is 16.3. The average Bonchev–Trinajstić information content (AvgIpc) is 2.37. The van der Waals surface area contributed by atoms with Crippen LogP contribution in [0.5, 0.6) is 0 Å². The molecule has 0 unspecified atom stereocenters. The van der Waals surface area contributed by atoms with Crippen LogP contribution in [0.3, 0.4) is 0 Å². The quantitative estimate of drug-likeness (QED) is 0.303. The van der Waals surface area contributed by atoms with Crippen molar-refractivity contribution >= 4 is 26.3 Å².